The maximum Gasteiger partial charge on any atom is 0.410 e. The molecule has 1 aromatic rings. The van der Waals surface area contributed by atoms with Crippen molar-refractivity contribution in [3.05, 3.63) is 23.5 Å². The monoisotopic (exact) mass is 362 g/mol. The molecule has 2 aliphatic heterocycles. The zero-order valence-electron chi connectivity index (χ0n) is 15.7. The summed E-state index contributed by atoms with van der Waals surface area (Å²) in [7, 11) is 1.58. The molecule has 3 rings (SSSR count). The molecule has 0 spiro atoms. The molecule has 0 aromatic carbocycles. The van der Waals surface area contributed by atoms with Crippen molar-refractivity contribution >= 4 is 17.7 Å². The van der Waals surface area contributed by atoms with E-state index in [2.05, 4.69) is 15.2 Å². The second kappa shape index (κ2) is 7.11. The van der Waals surface area contributed by atoms with E-state index in [1.165, 1.54) is 0 Å². The lowest BCUT2D eigenvalue weighted by atomic mass is 10.1. The third-order valence-corrected chi connectivity index (χ3v) is 4.40. The lowest BCUT2D eigenvalue weighted by molar-refractivity contribution is 0.0171. The molecule has 0 unspecified atom stereocenters. The number of carbonyl (C=O) groups is 2. The van der Waals surface area contributed by atoms with E-state index < -0.39 is 5.60 Å². The zero-order valence-corrected chi connectivity index (χ0v) is 15.7. The Morgan fingerprint density at radius 1 is 1.31 bits per heavy atom. The molecule has 1 saturated heterocycles. The topological polar surface area (TPSA) is 84.0 Å². The van der Waals surface area contributed by atoms with Crippen molar-refractivity contribution in [1.29, 1.82) is 0 Å². The van der Waals surface area contributed by atoms with Gasteiger partial charge in [-0.2, -0.15) is 0 Å². The maximum absolute atomic E-state index is 12.4. The molecule has 0 bridgehead atoms. The number of anilines is 1. The lowest BCUT2D eigenvalue weighted by Crippen LogP contribution is -2.57. The van der Waals surface area contributed by atoms with Gasteiger partial charge in [-0.15, -0.1) is 0 Å². The summed E-state index contributed by atoms with van der Waals surface area (Å²) in [5, 5.41) is 2.58. The van der Waals surface area contributed by atoms with Crippen LogP contribution in [0.25, 0.3) is 0 Å². The van der Waals surface area contributed by atoms with Crippen molar-refractivity contribution in [3.63, 3.8) is 0 Å². The number of nitrogens with zero attached hydrogens (tertiary/aromatic N) is 3. The van der Waals surface area contributed by atoms with Gasteiger partial charge in [0.25, 0.3) is 5.91 Å². The fourth-order valence-corrected chi connectivity index (χ4v) is 3.22. The van der Waals surface area contributed by atoms with Gasteiger partial charge in [-0.3, -0.25) is 4.79 Å². The van der Waals surface area contributed by atoms with Crippen LogP contribution >= 0.6 is 0 Å². The van der Waals surface area contributed by atoms with Crippen molar-refractivity contribution in [2.24, 2.45) is 0 Å². The number of carbonyl (C=O) groups excluding carboxylic acids is 2. The molecule has 1 fully saturated rings. The number of piperazine rings is 1. The fourth-order valence-electron chi connectivity index (χ4n) is 3.22. The van der Waals surface area contributed by atoms with Gasteiger partial charge in [0.2, 0.25) is 0 Å². The van der Waals surface area contributed by atoms with E-state index in [0.717, 1.165) is 11.4 Å². The Kier molecular flexibility index (Phi) is 5.04. The SMILES string of the molecule is CNC(=O)c1ccc2c(n1)COC[C@H]1CN(C(=O)OC(C)(C)C)CCN21. The number of hydrogen-bond acceptors (Lipinski definition) is 6. The van der Waals surface area contributed by atoms with E-state index in [4.69, 9.17) is 9.47 Å². The highest BCUT2D eigenvalue weighted by Gasteiger charge is 2.35. The predicted molar refractivity (Wildman–Crippen MR) is 96.2 cm³/mol. The molecule has 26 heavy (non-hydrogen) atoms. The first kappa shape index (κ1) is 18.4. The molecule has 8 heteroatoms. The first-order valence-corrected chi connectivity index (χ1v) is 8.83. The molecule has 1 aromatic heterocycles. The second-order valence-electron chi connectivity index (χ2n) is 7.53. The van der Waals surface area contributed by atoms with Gasteiger partial charge in [0, 0.05) is 26.7 Å². The zero-order chi connectivity index (χ0) is 18.9. The second-order valence-corrected chi connectivity index (χ2v) is 7.53. The number of rotatable bonds is 1. The average Bonchev–Trinajstić information content (AvgIpc) is 2.77. The van der Waals surface area contributed by atoms with E-state index in [-0.39, 0.29) is 18.0 Å². The van der Waals surface area contributed by atoms with Crippen molar-refractivity contribution in [2.45, 2.75) is 39.0 Å². The summed E-state index contributed by atoms with van der Waals surface area (Å²) in [6.07, 6.45) is -0.297. The summed E-state index contributed by atoms with van der Waals surface area (Å²) in [6, 6.07) is 3.67. The summed E-state index contributed by atoms with van der Waals surface area (Å²) in [5.74, 6) is -0.219. The maximum atomic E-state index is 12.4. The van der Waals surface area contributed by atoms with E-state index in [1.54, 1.807) is 18.0 Å². The molecule has 8 nitrogen and oxygen atoms in total. The molecule has 2 aliphatic rings. The van der Waals surface area contributed by atoms with Gasteiger partial charge in [0.15, 0.2) is 0 Å². The lowest BCUT2D eigenvalue weighted by Gasteiger charge is -2.41. The number of hydrogen-bond donors (Lipinski definition) is 1. The Morgan fingerprint density at radius 2 is 2.08 bits per heavy atom. The minimum atomic E-state index is -0.513. The molecule has 0 radical (unpaired) electrons. The van der Waals surface area contributed by atoms with Crippen LogP contribution in [-0.4, -0.2) is 66.8 Å². The minimum absolute atomic E-state index is 0.0326. The Bertz CT molecular complexity index is 701. The highest BCUT2D eigenvalue weighted by molar-refractivity contribution is 5.92. The summed E-state index contributed by atoms with van der Waals surface area (Å²) in [5.41, 5.74) is 1.57. The van der Waals surface area contributed by atoms with Crippen LogP contribution < -0.4 is 10.2 Å². The highest BCUT2D eigenvalue weighted by atomic mass is 16.6. The van der Waals surface area contributed by atoms with Gasteiger partial charge in [0.1, 0.15) is 11.3 Å². The van der Waals surface area contributed by atoms with Gasteiger partial charge in [-0.05, 0) is 32.9 Å². The molecule has 1 N–H and O–H groups in total. The summed E-state index contributed by atoms with van der Waals surface area (Å²) >= 11 is 0. The minimum Gasteiger partial charge on any atom is -0.444 e. The van der Waals surface area contributed by atoms with E-state index in [9.17, 15) is 9.59 Å². The van der Waals surface area contributed by atoms with Crippen LogP contribution in [0.3, 0.4) is 0 Å². The van der Waals surface area contributed by atoms with Crippen molar-refractivity contribution in [2.75, 3.05) is 38.2 Å². The van der Waals surface area contributed by atoms with Crippen LogP contribution in [0.4, 0.5) is 10.5 Å². The standard InChI is InChI=1S/C18H26N4O4/c1-18(2,3)26-17(24)21-7-8-22-12(9-21)10-25-11-14-15(22)6-5-13(20-14)16(23)19-4/h5-6,12H,7-11H2,1-4H3,(H,19,23)/t12-/m1/s1. The van der Waals surface area contributed by atoms with Crippen molar-refractivity contribution < 1.29 is 19.1 Å². The van der Waals surface area contributed by atoms with Crippen LogP contribution in [0.15, 0.2) is 12.1 Å². The van der Waals surface area contributed by atoms with Gasteiger partial charge in [0.05, 0.1) is 30.6 Å². The third kappa shape index (κ3) is 3.90. The molecule has 0 saturated carbocycles. The normalized spacial score (nSPS) is 19.9. The largest absolute Gasteiger partial charge is 0.444 e. The predicted octanol–water partition coefficient (Wildman–Crippen LogP) is 1.40. The van der Waals surface area contributed by atoms with Crippen LogP contribution in [0, 0.1) is 0 Å². The number of pyridine rings is 1. The number of aromatic nitrogens is 1. The van der Waals surface area contributed by atoms with Crippen LogP contribution in [0.2, 0.25) is 0 Å². The smallest absolute Gasteiger partial charge is 0.410 e. The molecule has 2 amide bonds. The fraction of sp³-hybridized carbons (Fsp3) is 0.611. The Hall–Kier alpha value is -2.35. The van der Waals surface area contributed by atoms with Gasteiger partial charge < -0.3 is 24.6 Å². The summed E-state index contributed by atoms with van der Waals surface area (Å²) in [4.78, 5) is 32.6. The number of nitrogens with one attached hydrogen (secondary N) is 1. The quantitative estimate of drug-likeness (QED) is 0.813. The number of fused-ring (bicyclic) bond motifs is 3. The Labute approximate surface area is 153 Å². The molecular weight excluding hydrogens is 336 g/mol. The molecule has 3 heterocycles. The number of ether oxygens (including phenoxy) is 2. The van der Waals surface area contributed by atoms with Gasteiger partial charge in [-0.1, -0.05) is 0 Å². The third-order valence-electron chi connectivity index (χ3n) is 4.40. The van der Waals surface area contributed by atoms with Crippen molar-refractivity contribution in [3.8, 4) is 0 Å². The molecule has 0 aliphatic carbocycles. The first-order chi connectivity index (χ1) is 12.3. The van der Waals surface area contributed by atoms with Crippen LogP contribution in [-0.2, 0) is 16.1 Å². The van der Waals surface area contributed by atoms with Crippen LogP contribution in [0.5, 0.6) is 0 Å². The Balaban J connectivity index is 1.77. The van der Waals surface area contributed by atoms with E-state index in [1.807, 2.05) is 26.8 Å². The number of amides is 2. The van der Waals surface area contributed by atoms with Gasteiger partial charge in [-0.25, -0.2) is 9.78 Å². The summed E-state index contributed by atoms with van der Waals surface area (Å²) in [6.45, 7) is 8.20. The highest BCUT2D eigenvalue weighted by Crippen LogP contribution is 2.28. The van der Waals surface area contributed by atoms with Crippen LogP contribution in [0.1, 0.15) is 37.0 Å². The first-order valence-electron chi connectivity index (χ1n) is 8.83. The molecule has 1 atom stereocenters. The average molecular weight is 362 g/mol. The van der Waals surface area contributed by atoms with E-state index >= 15 is 0 Å². The van der Waals surface area contributed by atoms with E-state index in [0.29, 0.717) is 38.5 Å². The summed E-state index contributed by atoms with van der Waals surface area (Å²) < 4.78 is 11.3. The van der Waals surface area contributed by atoms with Crippen molar-refractivity contribution in [1.82, 2.24) is 15.2 Å². The molecule has 142 valence electrons. The molecular formula is C18H26N4O4. The Morgan fingerprint density at radius 3 is 2.77 bits per heavy atom. The van der Waals surface area contributed by atoms with Gasteiger partial charge >= 0.3 is 6.09 Å².